The van der Waals surface area contributed by atoms with Gasteiger partial charge in [-0.1, -0.05) is 19.3 Å². The SMILES string of the molecule is COc1ncnc(NS(=O)(=O)c2ccc(OC(=O)C3CCCCC3)cc2)c1OC. The molecule has 0 unspecified atom stereocenters. The van der Waals surface area contributed by atoms with Gasteiger partial charge >= 0.3 is 5.97 Å². The van der Waals surface area contributed by atoms with Crippen molar-refractivity contribution in [3.05, 3.63) is 30.6 Å². The van der Waals surface area contributed by atoms with Crippen molar-refractivity contribution in [3.8, 4) is 17.4 Å². The van der Waals surface area contributed by atoms with Crippen LogP contribution < -0.4 is 18.9 Å². The van der Waals surface area contributed by atoms with Gasteiger partial charge in [-0.25, -0.2) is 13.4 Å². The van der Waals surface area contributed by atoms with Crippen LogP contribution in [0.3, 0.4) is 0 Å². The molecule has 1 aromatic carbocycles. The number of aromatic nitrogens is 2. The number of ether oxygens (including phenoxy) is 3. The molecule has 156 valence electrons. The number of rotatable bonds is 7. The molecule has 0 atom stereocenters. The first-order valence-electron chi connectivity index (χ1n) is 9.22. The highest BCUT2D eigenvalue weighted by molar-refractivity contribution is 7.92. The van der Waals surface area contributed by atoms with E-state index >= 15 is 0 Å². The number of hydrogen-bond acceptors (Lipinski definition) is 8. The van der Waals surface area contributed by atoms with Gasteiger partial charge in [0.2, 0.25) is 5.75 Å². The lowest BCUT2D eigenvalue weighted by Gasteiger charge is -2.19. The van der Waals surface area contributed by atoms with Crippen LogP contribution in [0, 0.1) is 5.92 Å². The van der Waals surface area contributed by atoms with E-state index in [2.05, 4.69) is 14.7 Å². The maximum absolute atomic E-state index is 12.7. The third kappa shape index (κ3) is 4.94. The fourth-order valence-electron chi connectivity index (χ4n) is 3.17. The average Bonchev–Trinajstić information content (AvgIpc) is 2.74. The quantitative estimate of drug-likeness (QED) is 0.536. The fourth-order valence-corrected chi connectivity index (χ4v) is 4.18. The van der Waals surface area contributed by atoms with Crippen LogP contribution in [-0.2, 0) is 14.8 Å². The fraction of sp³-hybridized carbons (Fsp3) is 0.421. The zero-order valence-corrected chi connectivity index (χ0v) is 17.1. The van der Waals surface area contributed by atoms with Gasteiger partial charge in [0.05, 0.1) is 25.0 Å². The van der Waals surface area contributed by atoms with E-state index in [-0.39, 0.29) is 34.2 Å². The molecule has 9 nitrogen and oxygen atoms in total. The van der Waals surface area contributed by atoms with Crippen molar-refractivity contribution in [1.29, 1.82) is 0 Å². The minimum atomic E-state index is -3.95. The molecule has 0 bridgehead atoms. The second-order valence-corrected chi connectivity index (χ2v) is 8.28. The van der Waals surface area contributed by atoms with E-state index in [4.69, 9.17) is 14.2 Å². The van der Waals surface area contributed by atoms with Crippen LogP contribution in [0.15, 0.2) is 35.5 Å². The lowest BCUT2D eigenvalue weighted by atomic mass is 9.89. The summed E-state index contributed by atoms with van der Waals surface area (Å²) in [5.74, 6) is 0.0695. The highest BCUT2D eigenvalue weighted by atomic mass is 32.2. The smallest absolute Gasteiger partial charge is 0.314 e. The molecule has 1 aliphatic rings. The first-order chi connectivity index (χ1) is 13.9. The number of sulfonamides is 1. The first-order valence-corrected chi connectivity index (χ1v) is 10.7. The Hall–Kier alpha value is -2.88. The summed E-state index contributed by atoms with van der Waals surface area (Å²) in [6.45, 7) is 0. The van der Waals surface area contributed by atoms with Gasteiger partial charge in [-0.05, 0) is 37.1 Å². The van der Waals surface area contributed by atoms with E-state index in [0.717, 1.165) is 38.4 Å². The molecular weight excluding hydrogens is 398 g/mol. The largest absolute Gasteiger partial charge is 0.489 e. The monoisotopic (exact) mass is 421 g/mol. The Bertz CT molecular complexity index is 956. The summed E-state index contributed by atoms with van der Waals surface area (Å²) < 4.78 is 43.3. The molecule has 0 aliphatic heterocycles. The molecule has 0 radical (unpaired) electrons. The van der Waals surface area contributed by atoms with Crippen LogP contribution in [0.2, 0.25) is 0 Å². The first kappa shape index (κ1) is 20.8. The Morgan fingerprint density at radius 3 is 2.34 bits per heavy atom. The number of hydrogen-bond donors (Lipinski definition) is 1. The standard InChI is InChI=1S/C19H23N3O6S/c1-26-16-17(20-12-21-18(16)27-2)22-29(24,25)15-10-8-14(9-11-15)28-19(23)13-6-4-3-5-7-13/h8-13H,3-7H2,1-2H3,(H,20,21,22). The minimum Gasteiger partial charge on any atom is -0.489 e. The van der Waals surface area contributed by atoms with E-state index < -0.39 is 10.0 Å². The predicted octanol–water partition coefficient (Wildman–Crippen LogP) is 2.78. The topological polar surface area (TPSA) is 117 Å². The summed E-state index contributed by atoms with van der Waals surface area (Å²) in [6, 6.07) is 5.62. The summed E-state index contributed by atoms with van der Waals surface area (Å²) in [6.07, 6.45) is 6.03. The summed E-state index contributed by atoms with van der Waals surface area (Å²) in [7, 11) is -1.21. The summed E-state index contributed by atoms with van der Waals surface area (Å²) in [4.78, 5) is 20.0. The number of esters is 1. The Morgan fingerprint density at radius 2 is 1.72 bits per heavy atom. The van der Waals surface area contributed by atoms with Crippen LogP contribution in [0.1, 0.15) is 32.1 Å². The average molecular weight is 421 g/mol. The van der Waals surface area contributed by atoms with Crippen molar-refractivity contribution in [2.45, 2.75) is 37.0 Å². The Morgan fingerprint density at radius 1 is 1.03 bits per heavy atom. The highest BCUT2D eigenvalue weighted by Crippen LogP contribution is 2.32. The second-order valence-electron chi connectivity index (χ2n) is 6.60. The van der Waals surface area contributed by atoms with Crippen LogP contribution >= 0.6 is 0 Å². The van der Waals surface area contributed by atoms with Crippen molar-refractivity contribution in [1.82, 2.24) is 9.97 Å². The highest BCUT2D eigenvalue weighted by Gasteiger charge is 2.24. The van der Waals surface area contributed by atoms with E-state index in [0.29, 0.717) is 5.75 Å². The van der Waals surface area contributed by atoms with Crippen molar-refractivity contribution in [2.24, 2.45) is 5.92 Å². The maximum atomic E-state index is 12.7. The maximum Gasteiger partial charge on any atom is 0.314 e. The van der Waals surface area contributed by atoms with Gasteiger partial charge < -0.3 is 14.2 Å². The lowest BCUT2D eigenvalue weighted by molar-refractivity contribution is -0.139. The molecule has 0 amide bonds. The molecular formula is C19H23N3O6S. The molecule has 1 N–H and O–H groups in total. The number of benzene rings is 1. The van der Waals surface area contributed by atoms with Crippen LogP contribution in [0.4, 0.5) is 5.82 Å². The summed E-state index contributed by atoms with van der Waals surface area (Å²) in [5.41, 5.74) is 0. The molecule has 0 spiro atoms. The molecule has 2 aromatic rings. The normalized spacial score (nSPS) is 14.8. The molecule has 3 rings (SSSR count). The lowest BCUT2D eigenvalue weighted by Crippen LogP contribution is -2.22. The van der Waals surface area contributed by atoms with Crippen molar-refractivity contribution in [3.63, 3.8) is 0 Å². The van der Waals surface area contributed by atoms with Gasteiger partial charge in [-0.3, -0.25) is 9.52 Å². The summed E-state index contributed by atoms with van der Waals surface area (Å²) in [5, 5.41) is 0. The third-order valence-electron chi connectivity index (χ3n) is 4.69. The number of nitrogens with one attached hydrogen (secondary N) is 1. The van der Waals surface area contributed by atoms with Gasteiger partial charge in [0, 0.05) is 0 Å². The number of carbonyl (C=O) groups excluding carboxylic acids is 1. The van der Waals surface area contributed by atoms with Gasteiger partial charge in [-0.2, -0.15) is 4.98 Å². The van der Waals surface area contributed by atoms with Crippen molar-refractivity contribution < 1.29 is 27.4 Å². The molecule has 1 heterocycles. The van der Waals surface area contributed by atoms with Crippen LogP contribution in [0.25, 0.3) is 0 Å². The van der Waals surface area contributed by atoms with Gasteiger partial charge in [-0.15, -0.1) is 0 Å². The third-order valence-corrected chi connectivity index (χ3v) is 6.05. The number of anilines is 1. The van der Waals surface area contributed by atoms with Crippen LogP contribution in [-0.4, -0.2) is 38.6 Å². The van der Waals surface area contributed by atoms with Gasteiger partial charge in [0.15, 0.2) is 5.82 Å². The number of nitrogens with zero attached hydrogens (tertiary/aromatic N) is 2. The predicted molar refractivity (Wildman–Crippen MR) is 105 cm³/mol. The zero-order valence-electron chi connectivity index (χ0n) is 16.3. The van der Waals surface area contributed by atoms with Crippen LogP contribution in [0.5, 0.6) is 17.4 Å². The second kappa shape index (κ2) is 9.08. The van der Waals surface area contributed by atoms with E-state index in [1.165, 1.54) is 38.5 Å². The van der Waals surface area contributed by atoms with E-state index in [1.807, 2.05) is 0 Å². The molecule has 1 aliphatic carbocycles. The minimum absolute atomic E-state index is 0.0189. The zero-order chi connectivity index (χ0) is 20.9. The Labute approximate surface area is 169 Å². The molecule has 10 heteroatoms. The van der Waals surface area contributed by atoms with Crippen molar-refractivity contribution in [2.75, 3.05) is 18.9 Å². The number of carbonyl (C=O) groups is 1. The molecule has 1 saturated carbocycles. The number of methoxy groups -OCH3 is 2. The molecule has 0 saturated heterocycles. The molecule has 1 fully saturated rings. The Kier molecular flexibility index (Phi) is 6.53. The summed E-state index contributed by atoms with van der Waals surface area (Å²) >= 11 is 0. The van der Waals surface area contributed by atoms with Gasteiger partial charge in [0.1, 0.15) is 12.1 Å². The van der Waals surface area contributed by atoms with Gasteiger partial charge in [0.25, 0.3) is 15.9 Å². The van der Waals surface area contributed by atoms with Crippen molar-refractivity contribution >= 4 is 21.8 Å². The molecule has 1 aromatic heterocycles. The van der Waals surface area contributed by atoms with E-state index in [1.54, 1.807) is 0 Å². The molecule has 29 heavy (non-hydrogen) atoms. The Balaban J connectivity index is 1.72. The van der Waals surface area contributed by atoms with E-state index in [9.17, 15) is 13.2 Å².